The zero-order chi connectivity index (χ0) is 17.2. The Morgan fingerprint density at radius 3 is 2.58 bits per heavy atom. The first-order valence-corrected chi connectivity index (χ1v) is 9.15. The lowest BCUT2D eigenvalue weighted by molar-refractivity contribution is 0.102. The molecule has 0 aliphatic rings. The van der Waals surface area contributed by atoms with Gasteiger partial charge in [0, 0.05) is 11.6 Å². The van der Waals surface area contributed by atoms with Gasteiger partial charge in [0.15, 0.2) is 9.84 Å². The number of aromatic nitrogens is 1. The van der Waals surface area contributed by atoms with E-state index in [4.69, 9.17) is 0 Å². The SMILES string of the molecule is CCS(=O)(=O)c1ccccc1C(=O)Nc1cccc2cccnc12. The van der Waals surface area contributed by atoms with Gasteiger partial charge in [-0.3, -0.25) is 9.78 Å². The minimum Gasteiger partial charge on any atom is -0.320 e. The van der Waals surface area contributed by atoms with Gasteiger partial charge in [-0.15, -0.1) is 0 Å². The highest BCUT2D eigenvalue weighted by Gasteiger charge is 2.21. The monoisotopic (exact) mass is 340 g/mol. The van der Waals surface area contributed by atoms with Gasteiger partial charge < -0.3 is 5.32 Å². The van der Waals surface area contributed by atoms with Crippen LogP contribution in [0.4, 0.5) is 5.69 Å². The number of carbonyl (C=O) groups excluding carboxylic acids is 1. The summed E-state index contributed by atoms with van der Waals surface area (Å²) in [5.41, 5.74) is 1.33. The van der Waals surface area contributed by atoms with E-state index in [2.05, 4.69) is 10.3 Å². The van der Waals surface area contributed by atoms with Crippen molar-refractivity contribution in [1.82, 2.24) is 4.98 Å². The van der Waals surface area contributed by atoms with Crippen LogP contribution in [0.15, 0.2) is 65.7 Å². The number of anilines is 1. The number of para-hydroxylation sites is 1. The number of amides is 1. The highest BCUT2D eigenvalue weighted by Crippen LogP contribution is 2.23. The van der Waals surface area contributed by atoms with E-state index in [1.807, 2.05) is 24.3 Å². The Kier molecular flexibility index (Phi) is 4.31. The minimum atomic E-state index is -3.49. The summed E-state index contributed by atoms with van der Waals surface area (Å²) < 4.78 is 24.4. The predicted molar refractivity (Wildman–Crippen MR) is 93.9 cm³/mol. The lowest BCUT2D eigenvalue weighted by atomic mass is 10.1. The highest BCUT2D eigenvalue weighted by atomic mass is 32.2. The van der Waals surface area contributed by atoms with Gasteiger partial charge in [-0.1, -0.05) is 37.3 Å². The van der Waals surface area contributed by atoms with Gasteiger partial charge in [-0.25, -0.2) is 8.42 Å². The van der Waals surface area contributed by atoms with E-state index in [1.54, 1.807) is 31.3 Å². The first-order valence-electron chi connectivity index (χ1n) is 7.50. The zero-order valence-electron chi connectivity index (χ0n) is 13.1. The van der Waals surface area contributed by atoms with E-state index >= 15 is 0 Å². The summed E-state index contributed by atoms with van der Waals surface area (Å²) in [4.78, 5) is 17.0. The second-order valence-electron chi connectivity index (χ2n) is 5.23. The fourth-order valence-electron chi connectivity index (χ4n) is 2.48. The van der Waals surface area contributed by atoms with Gasteiger partial charge in [0.2, 0.25) is 0 Å². The Labute approximate surface area is 140 Å². The fourth-order valence-corrected chi connectivity index (χ4v) is 3.57. The van der Waals surface area contributed by atoms with Gasteiger partial charge >= 0.3 is 0 Å². The molecule has 5 nitrogen and oxygen atoms in total. The molecule has 0 aliphatic carbocycles. The molecule has 0 radical (unpaired) electrons. The molecule has 24 heavy (non-hydrogen) atoms. The summed E-state index contributed by atoms with van der Waals surface area (Å²) in [6.07, 6.45) is 1.65. The maximum absolute atomic E-state index is 12.6. The standard InChI is InChI=1S/C18H16N2O3S/c1-2-24(22,23)16-11-4-3-9-14(16)18(21)20-15-10-5-7-13-8-6-12-19-17(13)15/h3-12H,2H2,1H3,(H,20,21). The Morgan fingerprint density at radius 1 is 1.04 bits per heavy atom. The van der Waals surface area contributed by atoms with E-state index in [-0.39, 0.29) is 16.2 Å². The van der Waals surface area contributed by atoms with Gasteiger partial charge in [-0.05, 0) is 24.3 Å². The molecule has 3 aromatic rings. The van der Waals surface area contributed by atoms with E-state index in [9.17, 15) is 13.2 Å². The van der Waals surface area contributed by atoms with Crippen molar-refractivity contribution in [2.75, 3.05) is 11.1 Å². The van der Waals surface area contributed by atoms with E-state index in [0.29, 0.717) is 11.2 Å². The molecular formula is C18H16N2O3S. The molecule has 0 saturated carbocycles. The quantitative estimate of drug-likeness (QED) is 0.791. The second-order valence-corrected chi connectivity index (χ2v) is 7.48. The average Bonchev–Trinajstić information content (AvgIpc) is 2.62. The number of carbonyl (C=O) groups is 1. The van der Waals surface area contributed by atoms with Crippen molar-refractivity contribution in [2.45, 2.75) is 11.8 Å². The molecule has 122 valence electrons. The first-order chi connectivity index (χ1) is 11.5. The number of rotatable bonds is 4. The maximum atomic E-state index is 12.6. The van der Waals surface area contributed by atoms with Crippen LogP contribution in [0.5, 0.6) is 0 Å². The number of nitrogens with one attached hydrogen (secondary N) is 1. The Morgan fingerprint density at radius 2 is 1.79 bits per heavy atom. The van der Waals surface area contributed by atoms with Gasteiger partial charge in [-0.2, -0.15) is 0 Å². The molecule has 0 aliphatic heterocycles. The maximum Gasteiger partial charge on any atom is 0.257 e. The molecule has 0 spiro atoms. The zero-order valence-corrected chi connectivity index (χ0v) is 13.9. The topological polar surface area (TPSA) is 76.1 Å². The Bertz CT molecular complexity index is 1010. The molecule has 0 unspecified atom stereocenters. The molecule has 1 aromatic heterocycles. The van der Waals surface area contributed by atoms with Crippen LogP contribution in [0.3, 0.4) is 0 Å². The number of pyridine rings is 1. The van der Waals surface area contributed by atoms with E-state index in [1.165, 1.54) is 12.1 Å². The molecule has 0 bridgehead atoms. The number of hydrogen-bond donors (Lipinski definition) is 1. The smallest absolute Gasteiger partial charge is 0.257 e. The summed E-state index contributed by atoms with van der Waals surface area (Å²) in [7, 11) is -3.49. The summed E-state index contributed by atoms with van der Waals surface area (Å²) >= 11 is 0. The molecule has 1 amide bonds. The molecule has 0 fully saturated rings. The van der Waals surface area contributed by atoms with Crippen molar-refractivity contribution >= 4 is 32.3 Å². The summed E-state index contributed by atoms with van der Waals surface area (Å²) in [5.74, 6) is -0.534. The van der Waals surface area contributed by atoms with Crippen LogP contribution >= 0.6 is 0 Å². The van der Waals surface area contributed by atoms with Crippen molar-refractivity contribution in [1.29, 1.82) is 0 Å². The van der Waals surface area contributed by atoms with Crippen LogP contribution in [-0.4, -0.2) is 25.1 Å². The molecular weight excluding hydrogens is 324 g/mol. The molecule has 1 heterocycles. The Hall–Kier alpha value is -2.73. The third kappa shape index (κ3) is 3.00. The minimum absolute atomic E-state index is 0.0400. The van der Waals surface area contributed by atoms with E-state index < -0.39 is 15.7 Å². The Balaban J connectivity index is 2.02. The summed E-state index contributed by atoms with van der Waals surface area (Å²) in [5, 5.41) is 3.67. The molecule has 3 rings (SSSR count). The van der Waals surface area contributed by atoms with Gasteiger partial charge in [0.1, 0.15) is 0 Å². The third-order valence-electron chi connectivity index (χ3n) is 3.73. The third-order valence-corrected chi connectivity index (χ3v) is 5.51. The van der Waals surface area contributed by atoms with Crippen LogP contribution in [0.25, 0.3) is 10.9 Å². The van der Waals surface area contributed by atoms with Crippen molar-refractivity contribution in [2.24, 2.45) is 0 Å². The lowest BCUT2D eigenvalue weighted by Crippen LogP contribution is -2.17. The summed E-state index contributed by atoms with van der Waals surface area (Å²) in [6.45, 7) is 1.55. The van der Waals surface area contributed by atoms with E-state index in [0.717, 1.165) is 5.39 Å². The second kappa shape index (κ2) is 6.41. The molecule has 6 heteroatoms. The highest BCUT2D eigenvalue weighted by molar-refractivity contribution is 7.91. The molecule has 1 N–H and O–H groups in total. The first kappa shape index (κ1) is 16.1. The van der Waals surface area contributed by atoms with Crippen LogP contribution in [0.1, 0.15) is 17.3 Å². The lowest BCUT2D eigenvalue weighted by Gasteiger charge is -2.11. The molecule has 2 aromatic carbocycles. The number of fused-ring (bicyclic) bond motifs is 1. The van der Waals surface area contributed by atoms with Gasteiger partial charge in [0.25, 0.3) is 5.91 Å². The number of nitrogens with zero attached hydrogens (tertiary/aromatic N) is 1. The van der Waals surface area contributed by atoms with Crippen molar-refractivity contribution in [3.8, 4) is 0 Å². The summed E-state index contributed by atoms with van der Waals surface area (Å²) in [6, 6.07) is 15.4. The number of benzene rings is 2. The van der Waals surface area contributed by atoms with Crippen molar-refractivity contribution in [3.63, 3.8) is 0 Å². The predicted octanol–water partition coefficient (Wildman–Crippen LogP) is 3.28. The molecule has 0 atom stereocenters. The van der Waals surface area contributed by atoms with Crippen LogP contribution < -0.4 is 5.32 Å². The largest absolute Gasteiger partial charge is 0.320 e. The van der Waals surface area contributed by atoms with Crippen LogP contribution in [-0.2, 0) is 9.84 Å². The molecule has 0 saturated heterocycles. The normalized spacial score (nSPS) is 11.4. The number of hydrogen-bond acceptors (Lipinski definition) is 4. The van der Waals surface area contributed by atoms with Crippen molar-refractivity contribution < 1.29 is 13.2 Å². The van der Waals surface area contributed by atoms with Gasteiger partial charge in [0.05, 0.1) is 27.4 Å². The van der Waals surface area contributed by atoms with Crippen LogP contribution in [0.2, 0.25) is 0 Å². The average molecular weight is 340 g/mol. The van der Waals surface area contributed by atoms with Crippen molar-refractivity contribution in [3.05, 3.63) is 66.4 Å². The fraction of sp³-hybridized carbons (Fsp3) is 0.111. The number of sulfone groups is 1. The van der Waals surface area contributed by atoms with Crippen LogP contribution in [0, 0.1) is 0 Å².